The predicted molar refractivity (Wildman–Crippen MR) is 94.0 cm³/mol. The average molecular weight is 369 g/mol. The zero-order valence-corrected chi connectivity index (χ0v) is 14.4. The van der Waals surface area contributed by atoms with Gasteiger partial charge in [0, 0.05) is 17.5 Å². The molecule has 0 aliphatic heterocycles. The summed E-state index contributed by atoms with van der Waals surface area (Å²) in [7, 11) is 0. The third-order valence-corrected chi connectivity index (χ3v) is 4.15. The molecule has 0 aliphatic rings. The van der Waals surface area contributed by atoms with Gasteiger partial charge in [0.05, 0.1) is 5.75 Å². The molecule has 0 atom stereocenters. The van der Waals surface area contributed by atoms with Gasteiger partial charge in [0.2, 0.25) is 5.91 Å². The number of hydrogen-bond donors (Lipinski definition) is 1. The summed E-state index contributed by atoms with van der Waals surface area (Å²) in [5, 5.41) is 2.65. The van der Waals surface area contributed by atoms with Gasteiger partial charge in [-0.1, -0.05) is 35.9 Å². The van der Waals surface area contributed by atoms with E-state index in [0.717, 1.165) is 5.56 Å². The molecular weight excluding hydrogens is 351 g/mol. The molecule has 2 aromatic carbocycles. The molecule has 0 spiro atoms. The molecule has 0 bridgehead atoms. The molecule has 25 heavy (non-hydrogen) atoms. The highest BCUT2D eigenvalue weighted by atomic mass is 32.2. The number of thioether (sulfide) groups is 1. The van der Waals surface area contributed by atoms with Gasteiger partial charge < -0.3 is 10.1 Å². The van der Waals surface area contributed by atoms with Crippen molar-refractivity contribution in [3.63, 3.8) is 0 Å². The molecule has 0 fully saturated rings. The number of carbonyl (C=O) groups excluding carboxylic acids is 1. The highest BCUT2D eigenvalue weighted by Gasteiger charge is 2.28. The molecule has 3 nitrogen and oxygen atoms in total. The van der Waals surface area contributed by atoms with E-state index in [-0.39, 0.29) is 17.4 Å². The minimum absolute atomic E-state index is 0.0578. The van der Waals surface area contributed by atoms with E-state index in [1.54, 1.807) is 6.07 Å². The molecule has 0 saturated heterocycles. The van der Waals surface area contributed by atoms with Gasteiger partial charge in [-0.3, -0.25) is 4.79 Å². The van der Waals surface area contributed by atoms with Gasteiger partial charge in [-0.25, -0.2) is 0 Å². The van der Waals surface area contributed by atoms with E-state index < -0.39 is 12.8 Å². The number of rotatable bonds is 7. The van der Waals surface area contributed by atoms with Gasteiger partial charge in [-0.15, -0.1) is 11.8 Å². The van der Waals surface area contributed by atoms with E-state index in [1.807, 2.05) is 31.2 Å². The fraction of sp³-hybridized carbons (Fsp3) is 0.278. The Balaban J connectivity index is 1.78. The van der Waals surface area contributed by atoms with Crippen molar-refractivity contribution in [3.05, 3.63) is 59.7 Å². The lowest BCUT2D eigenvalue weighted by molar-refractivity contribution is -0.153. The number of hydrogen-bond acceptors (Lipinski definition) is 3. The number of amides is 1. The molecular formula is C18H18F3NO2S. The second-order valence-electron chi connectivity index (χ2n) is 5.46. The fourth-order valence-electron chi connectivity index (χ4n) is 1.97. The van der Waals surface area contributed by atoms with Crippen molar-refractivity contribution in [3.8, 4) is 5.75 Å². The van der Waals surface area contributed by atoms with Crippen molar-refractivity contribution in [1.82, 2.24) is 0 Å². The summed E-state index contributed by atoms with van der Waals surface area (Å²) in [5.74, 6) is 0.803. The van der Waals surface area contributed by atoms with Gasteiger partial charge in [0.25, 0.3) is 0 Å². The Kier molecular flexibility index (Phi) is 6.75. The highest BCUT2D eigenvalue weighted by Crippen LogP contribution is 2.21. The average Bonchev–Trinajstić information content (AvgIpc) is 2.54. The number of aryl methyl sites for hydroxylation is 1. The third kappa shape index (κ3) is 7.51. The first kappa shape index (κ1) is 19.2. The normalized spacial score (nSPS) is 11.2. The van der Waals surface area contributed by atoms with Crippen LogP contribution < -0.4 is 10.1 Å². The van der Waals surface area contributed by atoms with Gasteiger partial charge in [-0.05, 0) is 24.6 Å². The molecule has 2 aromatic rings. The Morgan fingerprint density at radius 3 is 2.56 bits per heavy atom. The van der Waals surface area contributed by atoms with Crippen LogP contribution in [0.2, 0.25) is 0 Å². The maximum absolute atomic E-state index is 12.2. The molecule has 0 saturated carbocycles. The molecule has 0 unspecified atom stereocenters. The summed E-state index contributed by atoms with van der Waals surface area (Å²) in [6.07, 6.45) is -4.40. The number of nitrogens with one attached hydrogen (secondary N) is 1. The Bertz CT molecular complexity index is 702. The number of benzene rings is 2. The quantitative estimate of drug-likeness (QED) is 0.761. The van der Waals surface area contributed by atoms with Crippen molar-refractivity contribution >= 4 is 23.4 Å². The van der Waals surface area contributed by atoms with Crippen LogP contribution in [0.5, 0.6) is 5.75 Å². The number of ether oxygens (including phenoxy) is 1. The molecule has 1 amide bonds. The van der Waals surface area contributed by atoms with Crippen LogP contribution in [0.25, 0.3) is 0 Å². The molecule has 7 heteroatoms. The second-order valence-corrected chi connectivity index (χ2v) is 6.44. The zero-order valence-electron chi connectivity index (χ0n) is 13.6. The maximum Gasteiger partial charge on any atom is 0.422 e. The lowest BCUT2D eigenvalue weighted by atomic mass is 10.2. The van der Waals surface area contributed by atoms with E-state index in [9.17, 15) is 18.0 Å². The predicted octanol–water partition coefficient (Wildman–Crippen LogP) is 4.81. The van der Waals surface area contributed by atoms with Crippen molar-refractivity contribution < 1.29 is 22.7 Å². The summed E-state index contributed by atoms with van der Waals surface area (Å²) >= 11 is 1.47. The first-order valence-electron chi connectivity index (χ1n) is 7.54. The Morgan fingerprint density at radius 2 is 1.88 bits per heavy atom. The first-order chi connectivity index (χ1) is 11.8. The van der Waals surface area contributed by atoms with Crippen LogP contribution in [0.4, 0.5) is 18.9 Å². The molecule has 0 aromatic heterocycles. The van der Waals surface area contributed by atoms with Crippen LogP contribution in [-0.4, -0.2) is 24.4 Å². The minimum Gasteiger partial charge on any atom is -0.484 e. The minimum atomic E-state index is -4.40. The van der Waals surface area contributed by atoms with E-state index in [0.29, 0.717) is 11.4 Å². The zero-order chi connectivity index (χ0) is 18.3. The van der Waals surface area contributed by atoms with Crippen LogP contribution >= 0.6 is 11.8 Å². The van der Waals surface area contributed by atoms with Crippen LogP contribution in [0.15, 0.2) is 48.5 Å². The van der Waals surface area contributed by atoms with Crippen molar-refractivity contribution in [1.29, 1.82) is 0 Å². The monoisotopic (exact) mass is 369 g/mol. The fourth-order valence-corrected chi connectivity index (χ4v) is 2.76. The van der Waals surface area contributed by atoms with Crippen LogP contribution in [0, 0.1) is 6.92 Å². The molecule has 0 heterocycles. The van der Waals surface area contributed by atoms with Crippen molar-refractivity contribution in [2.75, 3.05) is 17.7 Å². The SMILES string of the molecule is Cc1ccc(CSCC(=O)Nc2cccc(OCC(F)(F)F)c2)cc1. The molecule has 0 radical (unpaired) electrons. The van der Waals surface area contributed by atoms with Gasteiger partial charge >= 0.3 is 6.18 Å². The second kappa shape index (κ2) is 8.80. The summed E-state index contributed by atoms with van der Waals surface area (Å²) in [4.78, 5) is 11.9. The molecule has 1 N–H and O–H groups in total. The lowest BCUT2D eigenvalue weighted by Gasteiger charge is -2.11. The number of halogens is 3. The van der Waals surface area contributed by atoms with E-state index in [2.05, 4.69) is 10.1 Å². The lowest BCUT2D eigenvalue weighted by Crippen LogP contribution is -2.19. The number of alkyl halides is 3. The standard InChI is InChI=1S/C18H18F3NO2S/c1-13-5-7-14(8-6-13)10-25-11-17(23)22-15-3-2-4-16(9-15)24-12-18(19,20)21/h2-9H,10-12H2,1H3,(H,22,23). The van der Waals surface area contributed by atoms with Gasteiger partial charge in [0.1, 0.15) is 5.75 Å². The summed E-state index contributed by atoms with van der Waals surface area (Å²) < 4.78 is 41.1. The van der Waals surface area contributed by atoms with E-state index in [4.69, 9.17) is 0 Å². The summed E-state index contributed by atoms with van der Waals surface area (Å²) in [5.41, 5.74) is 2.71. The Hall–Kier alpha value is -2.15. The van der Waals surface area contributed by atoms with Crippen molar-refractivity contribution in [2.45, 2.75) is 18.9 Å². The first-order valence-corrected chi connectivity index (χ1v) is 8.70. The van der Waals surface area contributed by atoms with Gasteiger partial charge in [-0.2, -0.15) is 13.2 Å². The van der Waals surface area contributed by atoms with Crippen molar-refractivity contribution in [2.24, 2.45) is 0 Å². The van der Waals surface area contributed by atoms with Crippen LogP contribution in [0.1, 0.15) is 11.1 Å². The molecule has 2 rings (SSSR count). The number of anilines is 1. The van der Waals surface area contributed by atoms with Gasteiger partial charge in [0.15, 0.2) is 6.61 Å². The van der Waals surface area contributed by atoms with Crippen LogP contribution in [-0.2, 0) is 10.5 Å². The molecule has 134 valence electrons. The topological polar surface area (TPSA) is 38.3 Å². The van der Waals surface area contributed by atoms with E-state index in [1.165, 1.54) is 35.5 Å². The maximum atomic E-state index is 12.2. The van der Waals surface area contributed by atoms with Crippen LogP contribution in [0.3, 0.4) is 0 Å². The van der Waals surface area contributed by atoms with E-state index >= 15 is 0 Å². The third-order valence-electron chi connectivity index (χ3n) is 3.14. The Morgan fingerprint density at radius 1 is 1.16 bits per heavy atom. The smallest absolute Gasteiger partial charge is 0.422 e. The Labute approximate surface area is 148 Å². The largest absolute Gasteiger partial charge is 0.484 e. The summed E-state index contributed by atoms with van der Waals surface area (Å²) in [6, 6.07) is 14.0. The summed E-state index contributed by atoms with van der Waals surface area (Å²) in [6.45, 7) is 0.647. The molecule has 0 aliphatic carbocycles. The number of carbonyl (C=O) groups is 1. The highest BCUT2D eigenvalue weighted by molar-refractivity contribution is 7.99.